The van der Waals surface area contributed by atoms with E-state index in [2.05, 4.69) is 47.9 Å². The largest absolute Gasteiger partial charge is 0.459 e. The molecule has 15 N–H and O–H groups in total. The third-order valence-corrected chi connectivity index (χ3v) is 31.0. The summed E-state index contributed by atoms with van der Waals surface area (Å²) in [4.78, 5) is 241. The third kappa shape index (κ3) is 26.9. The van der Waals surface area contributed by atoms with E-state index in [1.54, 1.807) is 155 Å². The third-order valence-electron chi connectivity index (χ3n) is 29.9. The fourth-order valence-electron chi connectivity index (χ4n) is 20.3. The summed E-state index contributed by atoms with van der Waals surface area (Å²) in [5.74, 6) is -19.1. The van der Waals surface area contributed by atoms with Gasteiger partial charge in [-0.3, -0.25) is 57.5 Å². The molecule has 144 heavy (non-hydrogen) atoms. The standard InChI is InChI=1S/C35H49Cl2N5O7.C35H46F3N5O7.C31H49F2N5O7/c1-18(20-14-9-8-10-15-20)49-31(47)27(34(5,6)7)41-32(48)40-26(33(2,3)4)30(46)42-17-21-23(35(21,36)37)24(42)29(45)39-22(25(43)28(38)44)16-19-12-11-13-19;1-32(2,3)25(41-31(49)42-26(34(13-14-34)35(36,37)38)30(48)50-17-19-9-7-6-8-10-19)29(47)43-16-20-22(33(20,4)5)23(43)28(46)40-21(15-18-11-12-18)24(44)27(39)45;1-14(2)19(26(43)45-29(6,7)8)36-27(44)37-22(28(3,4)5)25(42)38-13-16-18(30(16,9)10)20(38)24(41)35-17(21(39)23(34)40)11-15-12-31(15,32)33/h8-10,14-15,18-19,21-24,26-27H,11-13,16-17H2,1-7H3,(H2,38,44)(H,39,45)(H2,40,41,48);6-10,18,20-23,25-26H,11-17H2,1-5H3,(H2,39,45)(H,40,46)(H2,41,42,49);14-20,22H,11-13H2,1-10H3,(H2,34,40)(H,35,41)(H2,36,37,44)/t18-,21-,22?,23-,24-,26+,27+;20-,21?,22-,23-,25+,26+;15?,16-,17?,18-,19-,20-,22+/m000/s1. The molecular weight excluding hydrogens is 1930 g/mol. The van der Waals surface area contributed by atoms with E-state index >= 15 is 0 Å². The van der Waals surface area contributed by atoms with Crippen LogP contribution in [-0.4, -0.2) is 235 Å². The number of carbonyl (C=O) groups excluding carboxylic acids is 18. The molecule has 2 aromatic carbocycles. The summed E-state index contributed by atoms with van der Waals surface area (Å²) < 4.78 is 85.3. The second-order valence-electron chi connectivity index (χ2n) is 47.5. The van der Waals surface area contributed by atoms with Gasteiger partial charge in [0.1, 0.15) is 77.0 Å². The number of rotatable bonds is 36. The molecule has 2 aromatic rings. The SMILES string of the molecule is CC(C)(C)[C@H](NC(=O)N[C@H](C(=O)OCc1ccccc1)C1(C(F)(F)F)CC1)C(=O)N1C[C@H]2[C@@H]([C@H]1C(=O)NC(CC1CC1)C(=O)C(N)=O)C2(C)C.CC(C)[C@H](NC(=O)N[C@H](C(=O)N1C[C@H]2[C@@H]([C@H]1C(=O)NC(CC1CC1(F)F)C(=O)C(N)=O)C2(C)C)C(C)(C)C)C(=O)OC(C)(C)C.C[C@H](OC(=O)[C@@H](NC(=O)N[C@H](C(=O)N1C[C@H]2[C@@H]([C@H]1C(=O)NC(CC1CCC1)C(=O)C(N)=O)C2(Cl)Cl)C(C)(C)C)C(C)(C)C)c1ccccc1. The van der Waals surface area contributed by atoms with Gasteiger partial charge in [-0.25, -0.2) is 37.5 Å². The lowest BCUT2D eigenvalue weighted by Crippen LogP contribution is -2.63. The molecule has 10 aliphatic rings. The Morgan fingerprint density at radius 1 is 0.451 bits per heavy atom. The van der Waals surface area contributed by atoms with Crippen molar-refractivity contribution in [2.24, 2.45) is 114 Å². The number of amides is 15. The molecule has 36 nitrogen and oxygen atoms in total. The van der Waals surface area contributed by atoms with Gasteiger partial charge in [0.15, 0.2) is 0 Å². The highest BCUT2D eigenvalue weighted by molar-refractivity contribution is 6.51. The first-order valence-corrected chi connectivity index (χ1v) is 49.9. The normalized spacial score (nSPS) is 25.1. The van der Waals surface area contributed by atoms with Crippen LogP contribution in [0.1, 0.15) is 240 Å². The topological polar surface area (TPSA) is 531 Å². The van der Waals surface area contributed by atoms with E-state index < -0.39 is 278 Å². The molecule has 3 aliphatic heterocycles. The summed E-state index contributed by atoms with van der Waals surface area (Å²) in [6.45, 7) is 39.0. The van der Waals surface area contributed by atoms with Gasteiger partial charge in [0.2, 0.25) is 52.8 Å². The zero-order chi connectivity index (χ0) is 108. The minimum atomic E-state index is -4.83. The zero-order valence-corrected chi connectivity index (χ0v) is 87.5. The van der Waals surface area contributed by atoms with Gasteiger partial charge in [-0.2, -0.15) is 13.2 Å². The van der Waals surface area contributed by atoms with Crippen molar-refractivity contribution in [3.8, 4) is 0 Å². The fraction of sp³-hybridized carbons (Fsp3) is 0.703. The molecule has 0 radical (unpaired) electrons. The highest BCUT2D eigenvalue weighted by Crippen LogP contribution is 2.68. The Morgan fingerprint density at radius 3 is 1.15 bits per heavy atom. The Morgan fingerprint density at radius 2 is 0.806 bits per heavy atom. The smallest absolute Gasteiger partial charge is 0.397 e. The summed E-state index contributed by atoms with van der Waals surface area (Å²) in [6.07, 6.45) is -2.20. The lowest BCUT2D eigenvalue weighted by Gasteiger charge is -2.38. The molecule has 0 spiro atoms. The zero-order valence-electron chi connectivity index (χ0n) is 86.0. The highest BCUT2D eigenvalue weighted by atomic mass is 35.5. The minimum absolute atomic E-state index is 0.0375. The molecule has 7 aliphatic carbocycles. The van der Waals surface area contributed by atoms with E-state index in [9.17, 15) is 108 Å². The Balaban J connectivity index is 0.000000222. The molecule has 0 aromatic heterocycles. The van der Waals surface area contributed by atoms with Crippen LogP contribution in [0.25, 0.3) is 0 Å². The fourth-order valence-corrected chi connectivity index (χ4v) is 21.1. The van der Waals surface area contributed by atoms with Crippen LogP contribution in [0, 0.1) is 97.1 Å². The number of benzene rings is 2. The maximum absolute atomic E-state index is 14.3. The number of likely N-dealkylation sites (tertiary alicyclic amines) is 3. The van der Waals surface area contributed by atoms with Gasteiger partial charge >= 0.3 is 42.2 Å². The van der Waals surface area contributed by atoms with E-state index in [4.69, 9.17) is 54.6 Å². The first-order chi connectivity index (χ1) is 66.1. The average Bonchev–Trinajstić information content (AvgIpc) is 1.53. The van der Waals surface area contributed by atoms with Crippen molar-refractivity contribution in [3.63, 3.8) is 0 Å². The molecule has 798 valence electrons. The molecule has 3 heterocycles. The maximum Gasteiger partial charge on any atom is 0.397 e. The molecule has 10 fully saturated rings. The van der Waals surface area contributed by atoms with E-state index in [1.807, 2.05) is 58.0 Å². The number of primary amides is 3. The lowest BCUT2D eigenvalue weighted by atomic mass is 9.80. The molecule has 7 saturated carbocycles. The maximum atomic E-state index is 14.3. The summed E-state index contributed by atoms with van der Waals surface area (Å²) in [5.41, 5.74) is 9.64. The lowest BCUT2D eigenvalue weighted by molar-refractivity contribution is -0.202. The molecule has 3 saturated heterocycles. The van der Waals surface area contributed by atoms with Crippen LogP contribution in [0.3, 0.4) is 0 Å². The number of urea groups is 3. The minimum Gasteiger partial charge on any atom is -0.459 e. The predicted octanol–water partition coefficient (Wildman–Crippen LogP) is 8.89. The number of Topliss-reactive ketones (excluding diaryl/α,β-unsaturated/α-hetero) is 3. The van der Waals surface area contributed by atoms with Crippen molar-refractivity contribution in [2.45, 2.75) is 330 Å². The monoisotopic (exact) mass is 2070 g/mol. The van der Waals surface area contributed by atoms with E-state index in [-0.39, 0.29) is 91.3 Å². The number of ketones is 3. The van der Waals surface area contributed by atoms with Crippen LogP contribution >= 0.6 is 23.2 Å². The number of ether oxygens (including phenoxy) is 3. The van der Waals surface area contributed by atoms with Crippen LogP contribution in [-0.2, 0) is 92.7 Å². The number of nitrogens with one attached hydrogen (secondary N) is 9. The summed E-state index contributed by atoms with van der Waals surface area (Å²) in [7, 11) is 0. The van der Waals surface area contributed by atoms with Crippen LogP contribution < -0.4 is 65.1 Å². The first kappa shape index (κ1) is 115. The van der Waals surface area contributed by atoms with Gasteiger partial charge in [0.25, 0.3) is 23.6 Å². The van der Waals surface area contributed by atoms with Crippen molar-refractivity contribution < 1.29 is 122 Å². The second-order valence-corrected chi connectivity index (χ2v) is 48.9. The van der Waals surface area contributed by atoms with Gasteiger partial charge in [-0.15, -0.1) is 23.2 Å². The Kier molecular flexibility index (Phi) is 34.3. The number of hydrogen-bond acceptors (Lipinski definition) is 21. The number of esters is 3. The number of nitrogens with two attached hydrogens (primary N) is 3. The van der Waals surface area contributed by atoms with Crippen LogP contribution in [0.2, 0.25) is 0 Å². The van der Waals surface area contributed by atoms with Gasteiger partial charge < -0.3 is 94.0 Å². The van der Waals surface area contributed by atoms with Gasteiger partial charge in [0, 0.05) is 43.8 Å². The van der Waals surface area contributed by atoms with Crippen LogP contribution in [0.4, 0.5) is 36.3 Å². The number of carbonyl (C=O) groups is 18. The number of fused-ring (bicyclic) bond motifs is 3. The van der Waals surface area contributed by atoms with Crippen molar-refractivity contribution in [1.29, 1.82) is 0 Å². The number of alkyl halides is 7. The number of piperidine rings is 3. The van der Waals surface area contributed by atoms with Crippen LogP contribution in [0.5, 0.6) is 0 Å². The van der Waals surface area contributed by atoms with Gasteiger partial charge in [-0.1, -0.05) is 217 Å². The average molecular weight is 2070 g/mol. The predicted molar refractivity (Wildman–Crippen MR) is 516 cm³/mol. The molecule has 20 atom stereocenters. The molecule has 4 unspecified atom stereocenters. The van der Waals surface area contributed by atoms with Gasteiger partial charge in [-0.05, 0) is 145 Å². The van der Waals surface area contributed by atoms with Crippen molar-refractivity contribution in [1.82, 2.24) is 62.6 Å². The van der Waals surface area contributed by atoms with Crippen LogP contribution in [0.15, 0.2) is 60.7 Å². The molecule has 15 amide bonds. The summed E-state index contributed by atoms with van der Waals surface area (Å²) >= 11 is 13.0. The first-order valence-electron chi connectivity index (χ1n) is 49.2. The number of nitrogens with zero attached hydrogens (tertiary/aromatic N) is 3. The second kappa shape index (κ2) is 42.9. The summed E-state index contributed by atoms with van der Waals surface area (Å²) in [6, 6.07) is -0.108. The van der Waals surface area contributed by atoms with Crippen molar-refractivity contribution >= 4 is 130 Å². The van der Waals surface area contributed by atoms with Crippen molar-refractivity contribution in [2.75, 3.05) is 19.6 Å². The highest BCUT2D eigenvalue weighted by Gasteiger charge is 2.76. The van der Waals surface area contributed by atoms with Crippen molar-refractivity contribution in [3.05, 3.63) is 71.8 Å². The molecular formula is C101H144Cl2F5N15O21. The van der Waals surface area contributed by atoms with E-state index in [1.165, 1.54) is 14.7 Å². The Labute approximate surface area is 846 Å². The van der Waals surface area contributed by atoms with Gasteiger partial charge in [0.05, 0.1) is 23.5 Å². The Hall–Kier alpha value is -10.9. The quantitative estimate of drug-likeness (QED) is 0.00995. The number of hydrogen-bond donors (Lipinski definition) is 12. The summed E-state index contributed by atoms with van der Waals surface area (Å²) in [5, 5.41) is 23.2. The molecule has 0 bridgehead atoms. The molecule has 43 heteroatoms. The number of halogens is 7. The Bertz CT molecular complexity index is 5230. The molecule has 12 rings (SSSR count). The van der Waals surface area contributed by atoms with E-state index in [0.717, 1.165) is 37.7 Å². The van der Waals surface area contributed by atoms with E-state index in [0.29, 0.717) is 5.56 Å².